The van der Waals surface area contributed by atoms with Crippen LogP contribution in [0.15, 0.2) is 5.38 Å². The van der Waals surface area contributed by atoms with Crippen molar-refractivity contribution in [2.24, 2.45) is 13.0 Å². The molecule has 3 heteroatoms. The lowest BCUT2D eigenvalue weighted by Gasteiger charge is -1.95. The fourth-order valence-electron chi connectivity index (χ4n) is 0.872. The third-order valence-electron chi connectivity index (χ3n) is 1.23. The number of hydrogen-bond acceptors (Lipinski definition) is 2. The molecule has 1 heterocycles. The minimum atomic E-state index is 0.710. The van der Waals surface area contributed by atoms with E-state index < -0.39 is 0 Å². The van der Waals surface area contributed by atoms with Gasteiger partial charge in [-0.15, -0.1) is 0 Å². The predicted octanol–water partition coefficient (Wildman–Crippen LogP) is 1.17. The van der Waals surface area contributed by atoms with E-state index in [1.165, 1.54) is 5.69 Å². The van der Waals surface area contributed by atoms with Crippen molar-refractivity contribution in [3.05, 3.63) is 11.1 Å². The minimum absolute atomic E-state index is 0.710. The molecule has 0 unspecified atom stereocenters. The normalized spacial score (nSPS) is 10.8. The van der Waals surface area contributed by atoms with Crippen molar-refractivity contribution in [2.75, 3.05) is 0 Å². The highest BCUT2D eigenvalue weighted by Crippen LogP contribution is 2.03. The van der Waals surface area contributed by atoms with Gasteiger partial charge in [0.25, 0.3) is 0 Å². The third-order valence-corrected chi connectivity index (χ3v) is 1.99. The van der Waals surface area contributed by atoms with Crippen LogP contribution in [0.1, 0.15) is 19.5 Å². The van der Waals surface area contributed by atoms with Crippen molar-refractivity contribution < 1.29 is 4.07 Å². The van der Waals surface area contributed by atoms with E-state index in [0.717, 1.165) is 6.42 Å². The summed E-state index contributed by atoms with van der Waals surface area (Å²) in [6.07, 6.45) is 1.09. The number of nitrogens with zero attached hydrogens (tertiary/aromatic N) is 2. The molecule has 10 heavy (non-hydrogen) atoms. The van der Waals surface area contributed by atoms with Crippen LogP contribution in [0.3, 0.4) is 0 Å². The fraction of sp³-hybridized carbons (Fsp3) is 0.714. The second kappa shape index (κ2) is 3.10. The van der Waals surface area contributed by atoms with Crippen LogP contribution in [0.25, 0.3) is 0 Å². The van der Waals surface area contributed by atoms with Crippen LogP contribution in [0, 0.1) is 5.92 Å². The number of aryl methyl sites for hydroxylation is 1. The van der Waals surface area contributed by atoms with Crippen molar-refractivity contribution in [2.45, 2.75) is 20.3 Å². The molecular formula is C7H13N2S+. The van der Waals surface area contributed by atoms with E-state index in [9.17, 15) is 0 Å². The molecule has 2 nitrogen and oxygen atoms in total. The molecule has 0 spiro atoms. The SMILES string of the molecule is CC(C)Cc1cs[n+](C)n1. The first-order valence-corrected chi connectivity index (χ1v) is 4.33. The first kappa shape index (κ1) is 7.66. The highest BCUT2D eigenvalue weighted by Gasteiger charge is 2.05. The molecule has 0 atom stereocenters. The highest BCUT2D eigenvalue weighted by molar-refractivity contribution is 6.99. The first-order chi connectivity index (χ1) is 4.68. The van der Waals surface area contributed by atoms with Crippen LogP contribution < -0.4 is 4.07 Å². The second-order valence-corrected chi connectivity index (χ2v) is 3.85. The quantitative estimate of drug-likeness (QED) is 0.589. The van der Waals surface area contributed by atoms with Gasteiger partial charge in [0.1, 0.15) is 5.69 Å². The molecule has 0 radical (unpaired) electrons. The largest absolute Gasteiger partial charge is 0.180 e. The lowest BCUT2D eigenvalue weighted by Crippen LogP contribution is -2.26. The summed E-state index contributed by atoms with van der Waals surface area (Å²) in [5, 5.41) is 6.40. The molecule has 0 aliphatic carbocycles. The second-order valence-electron chi connectivity index (χ2n) is 2.88. The van der Waals surface area contributed by atoms with Gasteiger partial charge < -0.3 is 0 Å². The molecule has 0 aliphatic heterocycles. The summed E-state index contributed by atoms with van der Waals surface area (Å²) in [5.74, 6) is 0.710. The van der Waals surface area contributed by atoms with Gasteiger partial charge in [0.2, 0.25) is 0 Å². The van der Waals surface area contributed by atoms with Gasteiger partial charge in [-0.25, -0.2) is 0 Å². The summed E-state index contributed by atoms with van der Waals surface area (Å²) in [5.41, 5.74) is 1.21. The topological polar surface area (TPSA) is 16.8 Å². The number of hydrogen-bond donors (Lipinski definition) is 0. The van der Waals surface area contributed by atoms with E-state index in [2.05, 4.69) is 24.3 Å². The molecular weight excluding hydrogens is 144 g/mol. The average Bonchev–Trinajstić information content (AvgIpc) is 2.13. The molecule has 0 N–H and O–H groups in total. The molecule has 0 bridgehead atoms. The van der Waals surface area contributed by atoms with E-state index in [4.69, 9.17) is 0 Å². The number of rotatable bonds is 2. The van der Waals surface area contributed by atoms with Gasteiger partial charge in [-0.3, -0.25) is 0 Å². The van der Waals surface area contributed by atoms with E-state index >= 15 is 0 Å². The molecule has 0 aromatic carbocycles. The van der Waals surface area contributed by atoms with Crippen LogP contribution in [-0.2, 0) is 13.5 Å². The number of aromatic nitrogens is 2. The van der Waals surface area contributed by atoms with Crippen molar-refractivity contribution in [1.82, 2.24) is 5.10 Å². The Morgan fingerprint density at radius 1 is 1.70 bits per heavy atom. The van der Waals surface area contributed by atoms with E-state index in [1.54, 1.807) is 11.5 Å². The summed E-state index contributed by atoms with van der Waals surface area (Å²) < 4.78 is 1.89. The molecule has 0 amide bonds. The Morgan fingerprint density at radius 3 is 2.80 bits per heavy atom. The van der Waals surface area contributed by atoms with E-state index in [-0.39, 0.29) is 0 Å². The summed E-state index contributed by atoms with van der Waals surface area (Å²) in [6, 6.07) is 0. The van der Waals surface area contributed by atoms with Gasteiger partial charge in [-0.2, -0.15) is 0 Å². The fourth-order valence-corrected chi connectivity index (χ4v) is 1.44. The molecule has 0 fully saturated rings. The smallest absolute Gasteiger partial charge is 0.0624 e. The van der Waals surface area contributed by atoms with E-state index in [1.807, 2.05) is 11.1 Å². The molecule has 1 rings (SSSR count). The molecule has 0 aliphatic rings. The van der Waals surface area contributed by atoms with Crippen molar-refractivity contribution >= 4 is 11.5 Å². The van der Waals surface area contributed by atoms with Crippen LogP contribution >= 0.6 is 11.5 Å². The maximum absolute atomic E-state index is 4.29. The van der Waals surface area contributed by atoms with Crippen molar-refractivity contribution in [3.63, 3.8) is 0 Å². The van der Waals surface area contributed by atoms with Gasteiger partial charge in [0.05, 0.1) is 5.38 Å². The Labute approximate surface area is 65.7 Å². The van der Waals surface area contributed by atoms with Gasteiger partial charge in [-0.05, 0) is 16.4 Å². The monoisotopic (exact) mass is 157 g/mol. The zero-order valence-corrected chi connectivity index (χ0v) is 7.48. The molecule has 0 saturated carbocycles. The standard InChI is InChI=1S/C7H13N2S/c1-6(2)4-7-5-10-9(3)8-7/h5-6H,4H2,1-3H3/q+1. The zero-order chi connectivity index (χ0) is 7.56. The van der Waals surface area contributed by atoms with Gasteiger partial charge in [-0.1, -0.05) is 13.8 Å². The minimum Gasteiger partial charge on any atom is -0.0624 e. The van der Waals surface area contributed by atoms with Gasteiger partial charge in [0.15, 0.2) is 18.6 Å². The van der Waals surface area contributed by atoms with Gasteiger partial charge in [0, 0.05) is 5.10 Å². The lowest BCUT2D eigenvalue weighted by atomic mass is 10.1. The van der Waals surface area contributed by atoms with Crippen LogP contribution in [-0.4, -0.2) is 5.10 Å². The maximum atomic E-state index is 4.29. The third kappa shape index (κ3) is 2.06. The van der Waals surface area contributed by atoms with Crippen LogP contribution in [0.5, 0.6) is 0 Å². The average molecular weight is 157 g/mol. The molecule has 56 valence electrons. The Hall–Kier alpha value is -0.440. The van der Waals surface area contributed by atoms with Crippen molar-refractivity contribution in [3.8, 4) is 0 Å². The van der Waals surface area contributed by atoms with Crippen LogP contribution in [0.2, 0.25) is 0 Å². The Balaban J connectivity index is 2.58. The predicted molar refractivity (Wildman–Crippen MR) is 41.8 cm³/mol. The highest BCUT2D eigenvalue weighted by atomic mass is 32.1. The summed E-state index contributed by atoms with van der Waals surface area (Å²) >= 11 is 1.65. The zero-order valence-electron chi connectivity index (χ0n) is 6.66. The van der Waals surface area contributed by atoms with Crippen molar-refractivity contribution in [1.29, 1.82) is 0 Å². The van der Waals surface area contributed by atoms with Gasteiger partial charge >= 0.3 is 0 Å². The Bertz CT molecular complexity index is 205. The summed E-state index contributed by atoms with van der Waals surface area (Å²) in [7, 11) is 1.97. The summed E-state index contributed by atoms with van der Waals surface area (Å²) in [4.78, 5) is 0. The first-order valence-electron chi connectivity index (χ1n) is 3.49. The Morgan fingerprint density at radius 2 is 2.40 bits per heavy atom. The maximum Gasteiger partial charge on any atom is 0.180 e. The van der Waals surface area contributed by atoms with E-state index in [0.29, 0.717) is 5.92 Å². The summed E-state index contributed by atoms with van der Waals surface area (Å²) in [6.45, 7) is 4.42. The molecule has 1 aromatic heterocycles. The Kier molecular flexibility index (Phi) is 2.38. The van der Waals surface area contributed by atoms with Crippen LogP contribution in [0.4, 0.5) is 0 Å². The molecule has 1 aromatic rings. The lowest BCUT2D eigenvalue weighted by molar-refractivity contribution is -0.664. The molecule has 0 saturated heterocycles.